The molecular formula is C18H25FN2O2S2. The predicted molar refractivity (Wildman–Crippen MR) is 102 cm³/mol. The zero-order chi connectivity index (χ0) is 17.5. The maximum Gasteiger partial charge on any atom is 0.220 e. The third kappa shape index (κ3) is 5.36. The molecule has 0 radical (unpaired) electrons. The molecule has 1 aromatic carbocycles. The molecule has 0 saturated carbocycles. The Balaban J connectivity index is 1.43. The van der Waals surface area contributed by atoms with E-state index in [4.69, 9.17) is 4.74 Å². The van der Waals surface area contributed by atoms with Gasteiger partial charge in [0.15, 0.2) is 0 Å². The van der Waals surface area contributed by atoms with Crippen molar-refractivity contribution in [3.8, 4) is 0 Å². The van der Waals surface area contributed by atoms with Crippen LogP contribution in [0.5, 0.6) is 0 Å². The summed E-state index contributed by atoms with van der Waals surface area (Å²) in [5.41, 5.74) is 0.0915. The van der Waals surface area contributed by atoms with Crippen molar-refractivity contribution in [3.63, 3.8) is 0 Å². The summed E-state index contributed by atoms with van der Waals surface area (Å²) in [5, 5.41) is 3.15. The van der Waals surface area contributed by atoms with Crippen LogP contribution in [0.15, 0.2) is 29.2 Å². The van der Waals surface area contributed by atoms with Gasteiger partial charge in [-0.15, -0.1) is 11.8 Å². The Morgan fingerprint density at radius 3 is 2.76 bits per heavy atom. The molecule has 0 aliphatic carbocycles. The van der Waals surface area contributed by atoms with Crippen LogP contribution in [-0.2, 0) is 9.53 Å². The summed E-state index contributed by atoms with van der Waals surface area (Å²) in [7, 11) is 0. The van der Waals surface area contributed by atoms with Gasteiger partial charge in [0.05, 0.1) is 13.2 Å². The van der Waals surface area contributed by atoms with Gasteiger partial charge < -0.3 is 10.1 Å². The maximum atomic E-state index is 12.9. The van der Waals surface area contributed by atoms with E-state index in [2.05, 4.69) is 10.2 Å². The maximum absolute atomic E-state index is 12.9. The van der Waals surface area contributed by atoms with Gasteiger partial charge in [-0.25, -0.2) is 4.39 Å². The second kappa shape index (κ2) is 9.26. The first-order valence-corrected chi connectivity index (χ1v) is 10.9. The van der Waals surface area contributed by atoms with Crippen molar-refractivity contribution in [1.82, 2.24) is 10.2 Å². The molecule has 0 spiro atoms. The molecule has 25 heavy (non-hydrogen) atoms. The van der Waals surface area contributed by atoms with Gasteiger partial charge in [-0.3, -0.25) is 9.69 Å². The average Bonchev–Trinajstić information content (AvgIpc) is 3.13. The number of ether oxygens (including phenoxy) is 1. The molecule has 4 nitrogen and oxygen atoms in total. The average molecular weight is 385 g/mol. The number of hydrogen-bond donors (Lipinski definition) is 1. The molecule has 2 aliphatic heterocycles. The molecule has 0 aromatic heterocycles. The molecule has 1 N–H and O–H groups in total. The van der Waals surface area contributed by atoms with Crippen molar-refractivity contribution < 1.29 is 13.9 Å². The monoisotopic (exact) mass is 384 g/mol. The Hall–Kier alpha value is -0.760. The van der Waals surface area contributed by atoms with Crippen LogP contribution in [0.4, 0.5) is 4.39 Å². The summed E-state index contributed by atoms with van der Waals surface area (Å²) < 4.78 is 18.4. The Morgan fingerprint density at radius 1 is 1.32 bits per heavy atom. The minimum Gasteiger partial charge on any atom is -0.379 e. The van der Waals surface area contributed by atoms with Gasteiger partial charge in [-0.1, -0.05) is 0 Å². The molecular weight excluding hydrogens is 359 g/mol. The lowest BCUT2D eigenvalue weighted by atomic mass is 9.95. The third-order valence-electron chi connectivity index (χ3n) is 4.79. The van der Waals surface area contributed by atoms with Crippen LogP contribution in [0.1, 0.15) is 12.8 Å². The smallest absolute Gasteiger partial charge is 0.220 e. The minimum absolute atomic E-state index is 0.0915. The van der Waals surface area contributed by atoms with Gasteiger partial charge in [-0.05, 0) is 36.4 Å². The van der Waals surface area contributed by atoms with Crippen molar-refractivity contribution in [1.29, 1.82) is 0 Å². The van der Waals surface area contributed by atoms with Gasteiger partial charge in [0, 0.05) is 48.0 Å². The van der Waals surface area contributed by atoms with Crippen LogP contribution in [0.3, 0.4) is 0 Å². The molecule has 7 heteroatoms. The van der Waals surface area contributed by atoms with Gasteiger partial charge in [-0.2, -0.15) is 11.8 Å². The summed E-state index contributed by atoms with van der Waals surface area (Å²) in [4.78, 5) is 15.7. The highest BCUT2D eigenvalue weighted by molar-refractivity contribution is 7.99. The van der Waals surface area contributed by atoms with Gasteiger partial charge in [0.2, 0.25) is 5.91 Å². The molecule has 3 rings (SSSR count). The number of morpholine rings is 1. The van der Waals surface area contributed by atoms with E-state index in [1.165, 1.54) is 12.1 Å². The summed E-state index contributed by atoms with van der Waals surface area (Å²) in [6.45, 7) is 4.21. The van der Waals surface area contributed by atoms with Crippen molar-refractivity contribution in [2.45, 2.75) is 23.3 Å². The second-order valence-corrected chi connectivity index (χ2v) is 8.73. The first-order chi connectivity index (χ1) is 12.2. The number of benzene rings is 1. The van der Waals surface area contributed by atoms with Crippen molar-refractivity contribution in [2.24, 2.45) is 0 Å². The largest absolute Gasteiger partial charge is 0.379 e. The fourth-order valence-corrected chi connectivity index (χ4v) is 5.61. The first-order valence-electron chi connectivity index (χ1n) is 8.74. The second-order valence-electron chi connectivity index (χ2n) is 6.46. The Morgan fingerprint density at radius 2 is 2.08 bits per heavy atom. The number of amides is 1. The fourth-order valence-electron chi connectivity index (χ4n) is 3.28. The van der Waals surface area contributed by atoms with Crippen LogP contribution in [0.2, 0.25) is 0 Å². The summed E-state index contributed by atoms with van der Waals surface area (Å²) in [6.07, 6.45) is 1.61. The van der Waals surface area contributed by atoms with E-state index < -0.39 is 0 Å². The van der Waals surface area contributed by atoms with E-state index in [1.807, 2.05) is 11.8 Å². The molecule has 2 heterocycles. The lowest BCUT2D eigenvalue weighted by Crippen LogP contribution is -2.59. The molecule has 1 amide bonds. The van der Waals surface area contributed by atoms with Gasteiger partial charge >= 0.3 is 0 Å². The topological polar surface area (TPSA) is 41.6 Å². The van der Waals surface area contributed by atoms with Crippen LogP contribution in [0.25, 0.3) is 0 Å². The Kier molecular flexibility index (Phi) is 7.04. The van der Waals surface area contributed by atoms with E-state index in [0.29, 0.717) is 12.2 Å². The SMILES string of the molecule is O=C(CCSc1ccc(F)cc1)NCC1(N2CCOCC2)CCSC1. The molecule has 0 bridgehead atoms. The molecule has 1 aromatic rings. The minimum atomic E-state index is -0.232. The fraction of sp³-hybridized carbons (Fsp3) is 0.611. The number of hydrogen-bond acceptors (Lipinski definition) is 5. The number of rotatable bonds is 7. The molecule has 2 saturated heterocycles. The highest BCUT2D eigenvalue weighted by atomic mass is 32.2. The number of halogens is 1. The summed E-state index contributed by atoms with van der Waals surface area (Å²) >= 11 is 3.56. The van der Waals surface area contributed by atoms with E-state index in [1.54, 1.807) is 23.9 Å². The number of carbonyl (C=O) groups excluding carboxylic acids is 1. The van der Waals surface area contributed by atoms with E-state index in [-0.39, 0.29) is 17.3 Å². The Labute approximate surface area is 157 Å². The molecule has 2 fully saturated rings. The predicted octanol–water partition coefficient (Wildman–Crippen LogP) is 2.63. The highest BCUT2D eigenvalue weighted by Crippen LogP contribution is 2.33. The van der Waals surface area contributed by atoms with E-state index in [0.717, 1.165) is 55.7 Å². The molecule has 1 atom stereocenters. The van der Waals surface area contributed by atoms with Crippen LogP contribution in [-0.4, -0.2) is 66.5 Å². The molecule has 1 unspecified atom stereocenters. The quantitative estimate of drug-likeness (QED) is 0.732. The lowest BCUT2D eigenvalue weighted by molar-refractivity contribution is -0.121. The highest BCUT2D eigenvalue weighted by Gasteiger charge is 2.40. The van der Waals surface area contributed by atoms with Crippen LogP contribution < -0.4 is 5.32 Å². The van der Waals surface area contributed by atoms with Crippen LogP contribution >= 0.6 is 23.5 Å². The molecule has 138 valence electrons. The zero-order valence-electron chi connectivity index (χ0n) is 14.3. The molecule has 2 aliphatic rings. The standard InChI is InChI=1S/C18H25FN2O2S2/c19-15-1-3-16(4-2-15)25-11-5-17(22)20-13-18(6-12-24-14-18)21-7-9-23-10-8-21/h1-4H,5-14H2,(H,20,22). The van der Waals surface area contributed by atoms with E-state index >= 15 is 0 Å². The van der Waals surface area contributed by atoms with Crippen LogP contribution in [0, 0.1) is 5.82 Å². The first kappa shape index (κ1) is 19.0. The number of nitrogens with zero attached hydrogens (tertiary/aromatic N) is 1. The van der Waals surface area contributed by atoms with Crippen molar-refractivity contribution in [2.75, 3.05) is 50.1 Å². The van der Waals surface area contributed by atoms with Crippen molar-refractivity contribution in [3.05, 3.63) is 30.1 Å². The summed E-state index contributed by atoms with van der Waals surface area (Å²) in [5.74, 6) is 2.81. The third-order valence-corrected chi connectivity index (χ3v) is 7.04. The normalized spacial score (nSPS) is 24.4. The zero-order valence-corrected chi connectivity index (χ0v) is 16.0. The van der Waals surface area contributed by atoms with Gasteiger partial charge in [0.25, 0.3) is 0 Å². The Bertz CT molecular complexity index is 559. The summed E-state index contributed by atoms with van der Waals surface area (Å²) in [6, 6.07) is 6.40. The number of thioether (sulfide) groups is 2. The number of nitrogens with one attached hydrogen (secondary N) is 1. The lowest BCUT2D eigenvalue weighted by Gasteiger charge is -2.43. The number of carbonyl (C=O) groups is 1. The van der Waals surface area contributed by atoms with Gasteiger partial charge in [0.1, 0.15) is 5.82 Å². The van der Waals surface area contributed by atoms with E-state index in [9.17, 15) is 9.18 Å². The van der Waals surface area contributed by atoms with Crippen molar-refractivity contribution >= 4 is 29.4 Å².